The first-order valence-electron chi connectivity index (χ1n) is 8.90. The molecule has 9 heteroatoms. The molecule has 26 heavy (non-hydrogen) atoms. The average molecular weight is 382 g/mol. The highest BCUT2D eigenvalue weighted by Gasteiger charge is 2.31. The molecule has 3 heterocycles. The van der Waals surface area contributed by atoms with Gasteiger partial charge in [0.25, 0.3) is 10.0 Å². The monoisotopic (exact) mass is 381 g/mol. The maximum absolute atomic E-state index is 12.7. The second-order valence-electron chi connectivity index (χ2n) is 6.89. The van der Waals surface area contributed by atoms with Gasteiger partial charge in [0.05, 0.1) is 12.9 Å². The van der Waals surface area contributed by atoms with Gasteiger partial charge in [-0.05, 0) is 25.7 Å². The van der Waals surface area contributed by atoms with Gasteiger partial charge in [-0.25, -0.2) is 18.4 Å². The van der Waals surface area contributed by atoms with Crippen LogP contribution in [0.25, 0.3) is 0 Å². The van der Waals surface area contributed by atoms with Gasteiger partial charge in [0.2, 0.25) is 0 Å². The van der Waals surface area contributed by atoms with Gasteiger partial charge < -0.3 is 13.9 Å². The van der Waals surface area contributed by atoms with Crippen LogP contribution in [-0.2, 0) is 34.8 Å². The molecule has 0 bridgehead atoms. The van der Waals surface area contributed by atoms with Crippen LogP contribution in [0.4, 0.5) is 0 Å². The topological polar surface area (TPSA) is 82.3 Å². The highest BCUT2D eigenvalue weighted by atomic mass is 32.2. The van der Waals surface area contributed by atoms with E-state index in [1.807, 2.05) is 13.1 Å². The number of imidazole rings is 2. The Morgan fingerprint density at radius 3 is 2.62 bits per heavy atom. The Morgan fingerprint density at radius 1 is 1.27 bits per heavy atom. The molecule has 0 spiro atoms. The van der Waals surface area contributed by atoms with E-state index in [4.69, 9.17) is 4.74 Å². The summed E-state index contributed by atoms with van der Waals surface area (Å²) in [5.41, 5.74) is 1.13. The Morgan fingerprint density at radius 2 is 2.00 bits per heavy atom. The number of hydrogen-bond acceptors (Lipinski definition) is 5. The van der Waals surface area contributed by atoms with E-state index in [-0.39, 0.29) is 5.03 Å². The molecule has 0 saturated carbocycles. The summed E-state index contributed by atoms with van der Waals surface area (Å²) >= 11 is 0. The van der Waals surface area contributed by atoms with Crippen molar-refractivity contribution < 1.29 is 13.2 Å². The van der Waals surface area contributed by atoms with Gasteiger partial charge >= 0.3 is 0 Å². The molecule has 3 rings (SSSR count). The fourth-order valence-electron chi connectivity index (χ4n) is 3.43. The average Bonchev–Trinajstić information content (AvgIpc) is 3.20. The van der Waals surface area contributed by atoms with E-state index >= 15 is 0 Å². The summed E-state index contributed by atoms with van der Waals surface area (Å²) in [7, 11) is -0.0216. The minimum atomic E-state index is -3.49. The Balaban J connectivity index is 1.61. The Hall–Kier alpha value is -1.71. The number of rotatable bonds is 7. The summed E-state index contributed by atoms with van der Waals surface area (Å²) in [6.45, 7) is 4.56. The summed E-state index contributed by atoms with van der Waals surface area (Å²) in [4.78, 5) is 8.54. The third kappa shape index (κ3) is 3.99. The third-order valence-corrected chi connectivity index (χ3v) is 6.77. The molecule has 2 aromatic heterocycles. The van der Waals surface area contributed by atoms with Gasteiger partial charge in [0.1, 0.15) is 5.82 Å². The number of aryl methyl sites for hydroxylation is 2. The molecule has 0 aromatic carbocycles. The lowest BCUT2D eigenvalue weighted by molar-refractivity contribution is 0.184. The van der Waals surface area contributed by atoms with Crippen LogP contribution in [-0.4, -0.2) is 58.6 Å². The molecule has 0 N–H and O–H groups in total. The normalized spacial score (nSPS) is 17.0. The van der Waals surface area contributed by atoms with Crippen LogP contribution < -0.4 is 0 Å². The largest absolute Gasteiger partial charge is 0.383 e. The summed E-state index contributed by atoms with van der Waals surface area (Å²) in [5.74, 6) is 1.50. The lowest BCUT2D eigenvalue weighted by Gasteiger charge is -2.30. The van der Waals surface area contributed by atoms with Gasteiger partial charge in [-0.2, -0.15) is 4.31 Å². The zero-order chi connectivity index (χ0) is 18.7. The van der Waals surface area contributed by atoms with Crippen molar-refractivity contribution >= 4 is 10.0 Å². The number of aromatic nitrogens is 4. The van der Waals surface area contributed by atoms with Crippen LogP contribution >= 0.6 is 0 Å². The predicted octanol–water partition coefficient (Wildman–Crippen LogP) is 1.21. The molecule has 0 atom stereocenters. The van der Waals surface area contributed by atoms with Crippen molar-refractivity contribution in [2.24, 2.45) is 13.0 Å². The van der Waals surface area contributed by atoms with E-state index in [1.165, 1.54) is 6.33 Å². The van der Waals surface area contributed by atoms with Crippen LogP contribution in [0, 0.1) is 12.8 Å². The molecule has 1 aliphatic rings. The van der Waals surface area contributed by atoms with Crippen LogP contribution in [0.5, 0.6) is 0 Å². The standard InChI is InChI=1S/C17H27N5O3S/c1-14-11-18-16(22(14)8-9-25-3)10-15-4-6-21(7-5-15)26(23,24)17-12-20(2)13-19-17/h11-13,15H,4-10H2,1-3H3. The molecule has 0 radical (unpaired) electrons. The molecule has 144 valence electrons. The van der Waals surface area contributed by atoms with Crippen molar-refractivity contribution in [2.45, 2.75) is 37.8 Å². The number of hydrogen-bond donors (Lipinski definition) is 0. The fourth-order valence-corrected chi connectivity index (χ4v) is 4.86. The van der Waals surface area contributed by atoms with E-state index in [9.17, 15) is 8.42 Å². The minimum absolute atomic E-state index is 0.129. The number of ether oxygens (including phenoxy) is 1. The van der Waals surface area contributed by atoms with Gasteiger partial charge in [-0.15, -0.1) is 0 Å². The first-order valence-corrected chi connectivity index (χ1v) is 10.3. The van der Waals surface area contributed by atoms with Crippen LogP contribution in [0.15, 0.2) is 23.7 Å². The summed E-state index contributed by atoms with van der Waals surface area (Å²) in [6, 6.07) is 0. The zero-order valence-corrected chi connectivity index (χ0v) is 16.4. The van der Waals surface area contributed by atoms with E-state index in [2.05, 4.69) is 14.5 Å². The lowest BCUT2D eigenvalue weighted by Crippen LogP contribution is -2.39. The maximum Gasteiger partial charge on any atom is 0.262 e. The molecule has 8 nitrogen and oxygen atoms in total. The number of nitrogens with zero attached hydrogens (tertiary/aromatic N) is 5. The second-order valence-corrected chi connectivity index (χ2v) is 8.77. The van der Waals surface area contributed by atoms with E-state index < -0.39 is 10.0 Å². The summed E-state index contributed by atoms with van der Waals surface area (Å²) in [6.07, 6.45) is 7.50. The first kappa shape index (κ1) is 19.1. The zero-order valence-electron chi connectivity index (χ0n) is 15.6. The fraction of sp³-hybridized carbons (Fsp3) is 0.647. The number of sulfonamides is 1. The number of methoxy groups -OCH3 is 1. The Labute approximate surface area is 154 Å². The van der Waals surface area contributed by atoms with Crippen molar-refractivity contribution in [3.63, 3.8) is 0 Å². The quantitative estimate of drug-likeness (QED) is 0.720. The molecule has 2 aromatic rings. The minimum Gasteiger partial charge on any atom is -0.383 e. The van der Waals surface area contributed by atoms with E-state index in [0.29, 0.717) is 25.6 Å². The van der Waals surface area contributed by atoms with Crippen molar-refractivity contribution in [1.82, 2.24) is 23.4 Å². The van der Waals surface area contributed by atoms with E-state index in [1.54, 1.807) is 29.2 Å². The van der Waals surface area contributed by atoms with Gasteiger partial charge in [0.15, 0.2) is 5.03 Å². The van der Waals surface area contributed by atoms with Crippen molar-refractivity contribution in [1.29, 1.82) is 0 Å². The molecule has 0 amide bonds. The second kappa shape index (κ2) is 7.89. The van der Waals surface area contributed by atoms with Gasteiger partial charge in [0, 0.05) is 58.3 Å². The van der Waals surface area contributed by atoms with E-state index in [0.717, 1.165) is 37.3 Å². The summed E-state index contributed by atoms with van der Waals surface area (Å²) in [5, 5.41) is 0.129. The van der Waals surface area contributed by atoms with Gasteiger partial charge in [-0.1, -0.05) is 0 Å². The lowest BCUT2D eigenvalue weighted by atomic mass is 9.94. The molecule has 1 fully saturated rings. The molecular formula is C17H27N5O3S. The molecule has 0 aliphatic carbocycles. The Kier molecular flexibility index (Phi) is 5.79. The van der Waals surface area contributed by atoms with Crippen LogP contribution in [0.2, 0.25) is 0 Å². The van der Waals surface area contributed by atoms with Crippen molar-refractivity contribution in [3.05, 3.63) is 30.2 Å². The third-order valence-electron chi connectivity index (χ3n) is 4.99. The highest BCUT2D eigenvalue weighted by Crippen LogP contribution is 2.25. The SMILES string of the molecule is COCCn1c(C)cnc1CC1CCN(S(=O)(=O)c2cn(C)cn2)CC1. The van der Waals surface area contributed by atoms with Crippen molar-refractivity contribution in [3.8, 4) is 0 Å². The maximum atomic E-state index is 12.7. The van der Waals surface area contributed by atoms with Crippen molar-refractivity contribution in [2.75, 3.05) is 26.8 Å². The predicted molar refractivity (Wildman–Crippen MR) is 97.2 cm³/mol. The summed E-state index contributed by atoms with van der Waals surface area (Å²) < 4.78 is 35.9. The highest BCUT2D eigenvalue weighted by molar-refractivity contribution is 7.89. The first-order chi connectivity index (χ1) is 12.4. The van der Waals surface area contributed by atoms with Crippen LogP contribution in [0.3, 0.4) is 0 Å². The molecule has 1 saturated heterocycles. The molecular weight excluding hydrogens is 354 g/mol. The van der Waals surface area contributed by atoms with Gasteiger partial charge in [-0.3, -0.25) is 0 Å². The smallest absolute Gasteiger partial charge is 0.262 e. The van der Waals surface area contributed by atoms with Crippen LogP contribution in [0.1, 0.15) is 24.4 Å². The Bertz CT molecular complexity index is 834. The molecule has 1 aliphatic heterocycles. The number of piperidine rings is 1. The molecule has 0 unspecified atom stereocenters.